The summed E-state index contributed by atoms with van der Waals surface area (Å²) in [5.41, 5.74) is 0.462. The minimum absolute atomic E-state index is 0.128. The number of fused-ring (bicyclic) bond motifs is 1. The zero-order valence-electron chi connectivity index (χ0n) is 7.42. The average molecular weight is 244 g/mol. The van der Waals surface area contributed by atoms with Gasteiger partial charge in [0.2, 0.25) is 0 Å². The second-order valence-electron chi connectivity index (χ2n) is 2.81. The molecule has 0 saturated carbocycles. The first-order valence-electron chi connectivity index (χ1n) is 4.04. The van der Waals surface area contributed by atoms with Crippen LogP contribution in [0.4, 0.5) is 0 Å². The lowest BCUT2D eigenvalue weighted by Crippen LogP contribution is -2.00. The predicted molar refractivity (Wildman–Crippen MR) is 57.1 cm³/mol. The van der Waals surface area contributed by atoms with Crippen LogP contribution in [0.5, 0.6) is 5.75 Å². The van der Waals surface area contributed by atoms with Crippen LogP contribution in [-0.2, 0) is 9.33 Å². The molecule has 0 aliphatic heterocycles. The number of para-hydroxylation sites is 1. The Morgan fingerprint density at radius 3 is 2.67 bits per heavy atom. The van der Waals surface area contributed by atoms with Crippen molar-refractivity contribution >= 4 is 30.9 Å². The molecule has 15 heavy (non-hydrogen) atoms. The first-order chi connectivity index (χ1) is 7.06. The minimum atomic E-state index is -4.04. The Kier molecular flexibility index (Phi) is 2.50. The van der Waals surface area contributed by atoms with Crippen LogP contribution in [0.15, 0.2) is 36.5 Å². The van der Waals surface area contributed by atoms with Crippen molar-refractivity contribution in [2.45, 2.75) is 0 Å². The molecule has 0 spiro atoms. The summed E-state index contributed by atoms with van der Waals surface area (Å²) in [6.45, 7) is 0. The summed E-state index contributed by atoms with van der Waals surface area (Å²) in [6.07, 6.45) is 1.55. The van der Waals surface area contributed by atoms with Gasteiger partial charge in [-0.15, -0.1) is 0 Å². The highest BCUT2D eigenvalue weighted by Crippen LogP contribution is 2.24. The van der Waals surface area contributed by atoms with Gasteiger partial charge in [-0.25, -0.2) is 0 Å². The lowest BCUT2D eigenvalue weighted by molar-refractivity contribution is 0.505. The van der Waals surface area contributed by atoms with Crippen molar-refractivity contribution in [3.05, 3.63) is 36.5 Å². The summed E-state index contributed by atoms with van der Waals surface area (Å²) < 4.78 is 26.1. The van der Waals surface area contributed by atoms with Crippen molar-refractivity contribution in [3.63, 3.8) is 0 Å². The van der Waals surface area contributed by atoms with E-state index in [1.54, 1.807) is 30.5 Å². The average Bonchev–Trinajstić information content (AvgIpc) is 2.16. The van der Waals surface area contributed by atoms with Crippen molar-refractivity contribution in [3.8, 4) is 5.75 Å². The Morgan fingerprint density at radius 1 is 1.20 bits per heavy atom. The fourth-order valence-electron chi connectivity index (χ4n) is 1.25. The van der Waals surface area contributed by atoms with Gasteiger partial charge in [-0.1, -0.05) is 18.2 Å². The van der Waals surface area contributed by atoms with Gasteiger partial charge in [0.05, 0.1) is 10.7 Å². The Hall–Kier alpha value is -1.33. The van der Waals surface area contributed by atoms with Gasteiger partial charge in [0.1, 0.15) is 5.52 Å². The molecule has 2 aromatic rings. The predicted octanol–water partition coefficient (Wildman–Crippen LogP) is 2.10. The molecule has 4 nitrogen and oxygen atoms in total. The van der Waals surface area contributed by atoms with Gasteiger partial charge < -0.3 is 4.18 Å². The summed E-state index contributed by atoms with van der Waals surface area (Å²) in [4.78, 5) is 4.02. The van der Waals surface area contributed by atoms with E-state index in [1.807, 2.05) is 0 Å². The lowest BCUT2D eigenvalue weighted by Gasteiger charge is -2.03. The summed E-state index contributed by atoms with van der Waals surface area (Å²) in [6, 6.07) is 8.52. The minimum Gasteiger partial charge on any atom is -0.369 e. The fraction of sp³-hybridized carbons (Fsp3) is 0. The molecule has 78 valence electrons. The maximum atomic E-state index is 10.8. The fourth-order valence-corrected chi connectivity index (χ4v) is 1.80. The number of halogens is 1. The van der Waals surface area contributed by atoms with Crippen molar-refractivity contribution in [2.24, 2.45) is 0 Å². The molecule has 0 amide bonds. The Labute approximate surface area is 91.1 Å². The second-order valence-corrected chi connectivity index (χ2v) is 4.89. The number of pyridine rings is 1. The monoisotopic (exact) mass is 243 g/mol. The van der Waals surface area contributed by atoms with Crippen LogP contribution in [0.3, 0.4) is 0 Å². The molecule has 0 unspecified atom stereocenters. The molecule has 2 rings (SSSR count). The molecule has 0 atom stereocenters. The molecule has 0 N–H and O–H groups in total. The number of benzene rings is 1. The Morgan fingerprint density at radius 2 is 1.93 bits per heavy atom. The van der Waals surface area contributed by atoms with Crippen molar-refractivity contribution in [1.29, 1.82) is 0 Å². The van der Waals surface area contributed by atoms with E-state index in [2.05, 4.69) is 9.17 Å². The molecule has 0 bridgehead atoms. The molecule has 1 heterocycles. The van der Waals surface area contributed by atoms with Crippen LogP contribution in [0.2, 0.25) is 0 Å². The van der Waals surface area contributed by atoms with Gasteiger partial charge in [0, 0.05) is 11.6 Å². The number of nitrogens with zero attached hydrogens (tertiary/aromatic N) is 1. The molecule has 0 radical (unpaired) electrons. The molecular weight excluding hydrogens is 238 g/mol. The molecule has 1 aromatic carbocycles. The first kappa shape index (κ1) is 10.2. The topological polar surface area (TPSA) is 56.3 Å². The van der Waals surface area contributed by atoms with Gasteiger partial charge in [-0.3, -0.25) is 4.98 Å². The summed E-state index contributed by atoms with van der Waals surface area (Å²) >= 11 is 0. The summed E-state index contributed by atoms with van der Waals surface area (Å²) in [7, 11) is 0.954. The smallest absolute Gasteiger partial charge is 0.369 e. The quantitative estimate of drug-likeness (QED) is 0.758. The van der Waals surface area contributed by atoms with Crippen LogP contribution in [0.1, 0.15) is 0 Å². The van der Waals surface area contributed by atoms with E-state index in [-0.39, 0.29) is 5.75 Å². The molecule has 0 aliphatic rings. The summed E-state index contributed by atoms with van der Waals surface area (Å²) in [5.74, 6) is 0.128. The molecule has 0 fully saturated rings. The highest BCUT2D eigenvalue weighted by atomic mass is 35.7. The SMILES string of the molecule is O=S(=O)(Cl)Oc1cccc2cccnc12. The molecule has 0 saturated heterocycles. The van der Waals surface area contributed by atoms with E-state index in [0.29, 0.717) is 5.52 Å². The second kappa shape index (κ2) is 3.67. The van der Waals surface area contributed by atoms with Gasteiger partial charge in [-0.2, -0.15) is 8.42 Å². The van der Waals surface area contributed by atoms with E-state index < -0.39 is 9.33 Å². The van der Waals surface area contributed by atoms with Gasteiger partial charge in [0.25, 0.3) is 0 Å². The third-order valence-corrected chi connectivity index (χ3v) is 2.35. The van der Waals surface area contributed by atoms with Crippen LogP contribution >= 0.6 is 10.7 Å². The highest BCUT2D eigenvalue weighted by molar-refractivity contribution is 8.10. The molecule has 0 aliphatic carbocycles. The maximum absolute atomic E-state index is 10.8. The van der Waals surface area contributed by atoms with E-state index in [0.717, 1.165) is 5.39 Å². The van der Waals surface area contributed by atoms with Gasteiger partial charge in [-0.05, 0) is 12.1 Å². The Balaban J connectivity index is 2.61. The highest BCUT2D eigenvalue weighted by Gasteiger charge is 2.10. The Bertz CT molecular complexity index is 592. The van der Waals surface area contributed by atoms with Gasteiger partial charge in [0.15, 0.2) is 5.75 Å². The van der Waals surface area contributed by atoms with Crippen LogP contribution < -0.4 is 4.18 Å². The largest absolute Gasteiger partial charge is 0.401 e. The van der Waals surface area contributed by atoms with E-state index in [1.165, 1.54) is 6.07 Å². The molecular formula is C9H6ClNO3S. The maximum Gasteiger partial charge on any atom is 0.401 e. The zero-order valence-corrected chi connectivity index (χ0v) is 8.99. The van der Waals surface area contributed by atoms with Crippen LogP contribution in [-0.4, -0.2) is 13.4 Å². The molecule has 6 heteroatoms. The standard InChI is InChI=1S/C9H6ClNO3S/c10-15(12,13)14-8-5-1-3-7-4-2-6-11-9(7)8/h1-6H. The molecule has 1 aromatic heterocycles. The van der Waals surface area contributed by atoms with E-state index in [9.17, 15) is 8.42 Å². The van der Waals surface area contributed by atoms with Crippen molar-refractivity contribution in [1.82, 2.24) is 4.98 Å². The number of hydrogen-bond donors (Lipinski definition) is 0. The van der Waals surface area contributed by atoms with Crippen LogP contribution in [0, 0.1) is 0 Å². The lowest BCUT2D eigenvalue weighted by atomic mass is 10.2. The normalized spacial score (nSPS) is 11.5. The van der Waals surface area contributed by atoms with Crippen molar-refractivity contribution in [2.75, 3.05) is 0 Å². The van der Waals surface area contributed by atoms with E-state index >= 15 is 0 Å². The van der Waals surface area contributed by atoms with Crippen LogP contribution in [0.25, 0.3) is 10.9 Å². The van der Waals surface area contributed by atoms with Gasteiger partial charge >= 0.3 is 9.33 Å². The van der Waals surface area contributed by atoms with Crippen molar-refractivity contribution < 1.29 is 12.6 Å². The first-order valence-corrected chi connectivity index (χ1v) is 6.27. The number of hydrogen-bond acceptors (Lipinski definition) is 4. The third kappa shape index (κ3) is 2.37. The van der Waals surface area contributed by atoms with E-state index in [4.69, 9.17) is 10.7 Å². The summed E-state index contributed by atoms with van der Waals surface area (Å²) in [5, 5.41) is 0.787. The zero-order chi connectivity index (χ0) is 10.9. The number of rotatable bonds is 2. The third-order valence-electron chi connectivity index (χ3n) is 1.79. The number of aromatic nitrogens is 1.